The number of carbonyl (C=O) groups is 2. The molecule has 0 aliphatic heterocycles. The van der Waals surface area contributed by atoms with Crippen molar-refractivity contribution >= 4 is 46.7 Å². The van der Waals surface area contributed by atoms with Crippen molar-refractivity contribution in [2.75, 3.05) is 13.2 Å². The van der Waals surface area contributed by atoms with E-state index in [-0.39, 0.29) is 20.8 Å². The number of amides is 1. The van der Waals surface area contributed by atoms with Crippen LogP contribution in [0.2, 0.25) is 15.1 Å². The molecule has 0 aromatic heterocycles. The highest BCUT2D eigenvalue weighted by atomic mass is 35.5. The zero-order chi connectivity index (χ0) is 14.4. The highest BCUT2D eigenvalue weighted by Crippen LogP contribution is 2.33. The lowest BCUT2D eigenvalue weighted by molar-refractivity contribution is -0.149. The molecule has 1 aromatic rings. The fourth-order valence-corrected chi connectivity index (χ4v) is 1.56. The van der Waals surface area contributed by atoms with Gasteiger partial charge in [-0.3, -0.25) is 9.63 Å². The Labute approximate surface area is 123 Å². The third kappa shape index (κ3) is 5.52. The molecule has 0 fully saturated rings. The molecule has 1 aromatic carbocycles. The van der Waals surface area contributed by atoms with Crippen molar-refractivity contribution in [3.63, 3.8) is 0 Å². The maximum absolute atomic E-state index is 11.2. The van der Waals surface area contributed by atoms with Crippen LogP contribution in [0.1, 0.15) is 0 Å². The van der Waals surface area contributed by atoms with Crippen LogP contribution in [0, 0.1) is 0 Å². The highest BCUT2D eigenvalue weighted by Gasteiger charge is 2.10. The molecule has 0 saturated carbocycles. The number of hydroxylamine groups is 1. The van der Waals surface area contributed by atoms with Crippen LogP contribution in [0.3, 0.4) is 0 Å². The van der Waals surface area contributed by atoms with E-state index in [1.807, 2.05) is 5.48 Å². The Morgan fingerprint density at radius 1 is 1.11 bits per heavy atom. The van der Waals surface area contributed by atoms with Crippen LogP contribution in [0.5, 0.6) is 5.75 Å². The number of carboxylic acid groups (broad SMARTS) is 1. The molecule has 2 N–H and O–H groups in total. The van der Waals surface area contributed by atoms with E-state index in [1.165, 1.54) is 12.1 Å². The minimum atomic E-state index is -1.21. The summed E-state index contributed by atoms with van der Waals surface area (Å²) in [5.41, 5.74) is 1.88. The molecular weight excluding hydrogens is 320 g/mol. The zero-order valence-electron chi connectivity index (χ0n) is 9.28. The third-order valence-electron chi connectivity index (χ3n) is 1.72. The summed E-state index contributed by atoms with van der Waals surface area (Å²) in [5.74, 6) is -1.72. The minimum Gasteiger partial charge on any atom is -0.482 e. The largest absolute Gasteiger partial charge is 0.482 e. The number of ether oxygens (including phenoxy) is 1. The number of benzene rings is 1. The van der Waals surface area contributed by atoms with Crippen LogP contribution in [0.15, 0.2) is 12.1 Å². The molecule has 0 unspecified atom stereocenters. The zero-order valence-corrected chi connectivity index (χ0v) is 11.6. The van der Waals surface area contributed by atoms with Gasteiger partial charge in [0.1, 0.15) is 5.75 Å². The number of hydrogen-bond donors (Lipinski definition) is 2. The fourth-order valence-electron chi connectivity index (χ4n) is 0.966. The van der Waals surface area contributed by atoms with Crippen LogP contribution in [-0.2, 0) is 14.4 Å². The van der Waals surface area contributed by atoms with Gasteiger partial charge < -0.3 is 9.84 Å². The molecule has 0 aliphatic carbocycles. The van der Waals surface area contributed by atoms with Gasteiger partial charge in [0.25, 0.3) is 5.91 Å². The first-order valence-corrected chi connectivity index (χ1v) is 5.93. The normalized spacial score (nSPS) is 10.1. The van der Waals surface area contributed by atoms with Crippen LogP contribution in [-0.4, -0.2) is 30.2 Å². The number of rotatable bonds is 6. The summed E-state index contributed by atoms with van der Waals surface area (Å²) in [6.07, 6.45) is 0. The minimum absolute atomic E-state index is 0.171. The molecule has 0 bridgehead atoms. The van der Waals surface area contributed by atoms with Gasteiger partial charge in [0.2, 0.25) is 0 Å². The Morgan fingerprint density at radius 3 is 2.37 bits per heavy atom. The lowest BCUT2D eigenvalue weighted by atomic mass is 10.3. The van der Waals surface area contributed by atoms with Gasteiger partial charge in [0.15, 0.2) is 13.2 Å². The second-order valence-electron chi connectivity index (χ2n) is 3.19. The first kappa shape index (κ1) is 15.8. The van der Waals surface area contributed by atoms with E-state index < -0.39 is 25.1 Å². The summed E-state index contributed by atoms with van der Waals surface area (Å²) in [4.78, 5) is 25.7. The second kappa shape index (κ2) is 7.40. The summed E-state index contributed by atoms with van der Waals surface area (Å²) in [5, 5.41) is 8.95. The number of nitrogens with one attached hydrogen (secondary N) is 1. The average Bonchev–Trinajstić information content (AvgIpc) is 2.31. The van der Waals surface area contributed by atoms with Crippen molar-refractivity contribution in [3.05, 3.63) is 27.2 Å². The molecule has 0 spiro atoms. The van der Waals surface area contributed by atoms with Gasteiger partial charge in [-0.15, -0.1) is 0 Å². The van der Waals surface area contributed by atoms with Gasteiger partial charge in [0.05, 0.1) is 15.1 Å². The van der Waals surface area contributed by atoms with Crippen molar-refractivity contribution in [3.8, 4) is 5.75 Å². The van der Waals surface area contributed by atoms with Crippen molar-refractivity contribution in [2.45, 2.75) is 0 Å². The SMILES string of the molecule is O=C(O)CONC(=O)COc1cc(Cl)c(Cl)cc1Cl. The van der Waals surface area contributed by atoms with E-state index in [1.54, 1.807) is 0 Å². The molecule has 0 radical (unpaired) electrons. The van der Waals surface area contributed by atoms with Gasteiger partial charge in [0, 0.05) is 6.07 Å². The molecule has 0 aliphatic rings. The number of aliphatic carboxylic acids is 1. The maximum Gasteiger partial charge on any atom is 0.332 e. The van der Waals surface area contributed by atoms with E-state index >= 15 is 0 Å². The number of halogens is 3. The Balaban J connectivity index is 2.46. The highest BCUT2D eigenvalue weighted by molar-refractivity contribution is 6.43. The molecule has 0 saturated heterocycles. The molecule has 9 heteroatoms. The standard InChI is InChI=1S/C10H8Cl3NO5/c11-5-1-7(13)8(2-6(5)12)18-3-9(15)14-19-4-10(16)17/h1-2H,3-4H2,(H,14,15)(H,16,17). The van der Waals surface area contributed by atoms with Gasteiger partial charge in [-0.25, -0.2) is 10.3 Å². The van der Waals surface area contributed by atoms with Crippen LogP contribution in [0.4, 0.5) is 0 Å². The average molecular weight is 329 g/mol. The smallest absolute Gasteiger partial charge is 0.332 e. The molecule has 0 heterocycles. The van der Waals surface area contributed by atoms with E-state index in [0.717, 1.165) is 0 Å². The first-order chi connectivity index (χ1) is 8.90. The molecule has 1 amide bonds. The van der Waals surface area contributed by atoms with Gasteiger partial charge >= 0.3 is 5.97 Å². The number of carboxylic acids is 1. The predicted octanol–water partition coefficient (Wildman–Crippen LogP) is 2.16. The van der Waals surface area contributed by atoms with E-state index in [2.05, 4.69) is 4.84 Å². The van der Waals surface area contributed by atoms with Crippen molar-refractivity contribution in [1.82, 2.24) is 5.48 Å². The van der Waals surface area contributed by atoms with Crippen molar-refractivity contribution in [2.24, 2.45) is 0 Å². The van der Waals surface area contributed by atoms with Crippen molar-refractivity contribution in [1.29, 1.82) is 0 Å². The van der Waals surface area contributed by atoms with Gasteiger partial charge in [-0.1, -0.05) is 34.8 Å². The van der Waals surface area contributed by atoms with E-state index in [0.29, 0.717) is 0 Å². The summed E-state index contributed by atoms with van der Waals surface area (Å²) >= 11 is 17.3. The molecule has 104 valence electrons. The summed E-state index contributed by atoms with van der Waals surface area (Å²) in [6.45, 7) is -1.07. The molecule has 19 heavy (non-hydrogen) atoms. The number of carbonyl (C=O) groups excluding carboxylic acids is 1. The van der Waals surface area contributed by atoms with Crippen molar-refractivity contribution < 1.29 is 24.3 Å². The lowest BCUT2D eigenvalue weighted by Crippen LogP contribution is -2.31. The Hall–Kier alpha value is -1.21. The van der Waals surface area contributed by atoms with Crippen LogP contribution >= 0.6 is 34.8 Å². The van der Waals surface area contributed by atoms with E-state index in [4.69, 9.17) is 44.6 Å². The third-order valence-corrected chi connectivity index (χ3v) is 2.73. The topological polar surface area (TPSA) is 84.9 Å². The lowest BCUT2D eigenvalue weighted by Gasteiger charge is -2.09. The molecular formula is C10H8Cl3NO5. The second-order valence-corrected chi connectivity index (χ2v) is 4.41. The monoisotopic (exact) mass is 327 g/mol. The fraction of sp³-hybridized carbons (Fsp3) is 0.200. The summed E-state index contributed by atoms with van der Waals surface area (Å²) in [6, 6.07) is 2.73. The number of hydrogen-bond acceptors (Lipinski definition) is 4. The summed E-state index contributed by atoms with van der Waals surface area (Å²) in [7, 11) is 0. The maximum atomic E-state index is 11.2. The van der Waals surface area contributed by atoms with Gasteiger partial charge in [-0.2, -0.15) is 0 Å². The quantitative estimate of drug-likeness (QED) is 0.617. The Morgan fingerprint density at radius 2 is 1.74 bits per heavy atom. The molecule has 0 atom stereocenters. The van der Waals surface area contributed by atoms with E-state index in [9.17, 15) is 9.59 Å². The first-order valence-electron chi connectivity index (χ1n) is 4.80. The van der Waals surface area contributed by atoms with Crippen LogP contribution < -0.4 is 10.2 Å². The predicted molar refractivity (Wildman–Crippen MR) is 68.7 cm³/mol. The molecule has 1 rings (SSSR count). The van der Waals surface area contributed by atoms with Crippen LogP contribution in [0.25, 0.3) is 0 Å². The molecule has 6 nitrogen and oxygen atoms in total. The Kier molecular flexibility index (Phi) is 6.17. The van der Waals surface area contributed by atoms with Gasteiger partial charge in [-0.05, 0) is 6.07 Å². The summed E-state index contributed by atoms with van der Waals surface area (Å²) < 4.78 is 5.08. The Bertz CT molecular complexity index is 494.